The van der Waals surface area contributed by atoms with Gasteiger partial charge in [-0.05, 0) is 36.8 Å². The Labute approximate surface area is 118 Å². The van der Waals surface area contributed by atoms with Gasteiger partial charge in [0.2, 0.25) is 0 Å². The van der Waals surface area contributed by atoms with Crippen LogP contribution in [0.15, 0.2) is 36.5 Å². The molecule has 0 atom stereocenters. The van der Waals surface area contributed by atoms with E-state index in [2.05, 4.69) is 4.98 Å². The van der Waals surface area contributed by atoms with Crippen molar-refractivity contribution in [1.29, 1.82) is 0 Å². The van der Waals surface area contributed by atoms with Crippen LogP contribution in [0.4, 0.5) is 0 Å². The SMILES string of the molecule is CCOc1cccnc1Oc1ccc(CN)cc1OC. The minimum Gasteiger partial charge on any atom is -0.493 e. The predicted molar refractivity (Wildman–Crippen MR) is 76.4 cm³/mol. The van der Waals surface area contributed by atoms with Gasteiger partial charge in [-0.25, -0.2) is 4.98 Å². The molecule has 0 aliphatic heterocycles. The molecule has 0 saturated heterocycles. The lowest BCUT2D eigenvalue weighted by Crippen LogP contribution is -2.00. The molecule has 2 aromatic rings. The van der Waals surface area contributed by atoms with Crippen LogP contribution in [0.2, 0.25) is 0 Å². The standard InChI is InChI=1S/C15H18N2O3/c1-3-19-13-5-4-8-17-15(13)20-12-7-6-11(10-16)9-14(12)18-2/h4-9H,3,10,16H2,1-2H3. The number of nitrogens with zero attached hydrogens (tertiary/aromatic N) is 1. The molecule has 0 bridgehead atoms. The third kappa shape index (κ3) is 3.19. The first-order valence-electron chi connectivity index (χ1n) is 6.41. The molecule has 0 aliphatic rings. The van der Waals surface area contributed by atoms with E-state index in [1.807, 2.05) is 31.2 Å². The molecular weight excluding hydrogens is 256 g/mol. The molecule has 5 nitrogen and oxygen atoms in total. The summed E-state index contributed by atoms with van der Waals surface area (Å²) in [4.78, 5) is 4.18. The molecule has 0 saturated carbocycles. The van der Waals surface area contributed by atoms with Gasteiger partial charge < -0.3 is 19.9 Å². The minimum absolute atomic E-state index is 0.410. The van der Waals surface area contributed by atoms with Crippen molar-refractivity contribution in [2.45, 2.75) is 13.5 Å². The van der Waals surface area contributed by atoms with E-state index < -0.39 is 0 Å². The number of pyridine rings is 1. The minimum atomic E-state index is 0.410. The molecule has 5 heteroatoms. The van der Waals surface area contributed by atoms with Crippen LogP contribution in [0.1, 0.15) is 12.5 Å². The molecule has 106 valence electrons. The third-order valence-corrected chi connectivity index (χ3v) is 2.71. The highest BCUT2D eigenvalue weighted by Crippen LogP contribution is 2.35. The highest BCUT2D eigenvalue weighted by molar-refractivity contribution is 5.46. The molecule has 0 radical (unpaired) electrons. The van der Waals surface area contributed by atoms with E-state index in [9.17, 15) is 0 Å². The average Bonchev–Trinajstić information content (AvgIpc) is 2.50. The number of nitrogens with two attached hydrogens (primary N) is 1. The number of hydrogen-bond donors (Lipinski definition) is 1. The second-order valence-corrected chi connectivity index (χ2v) is 4.03. The van der Waals surface area contributed by atoms with Gasteiger partial charge in [0.1, 0.15) is 0 Å². The van der Waals surface area contributed by atoms with Crippen LogP contribution in [0.5, 0.6) is 23.1 Å². The van der Waals surface area contributed by atoms with E-state index in [4.69, 9.17) is 19.9 Å². The van der Waals surface area contributed by atoms with Crippen molar-refractivity contribution < 1.29 is 14.2 Å². The predicted octanol–water partition coefficient (Wildman–Crippen LogP) is 2.74. The lowest BCUT2D eigenvalue weighted by molar-refractivity contribution is 0.311. The Morgan fingerprint density at radius 2 is 2.00 bits per heavy atom. The normalized spacial score (nSPS) is 10.2. The van der Waals surface area contributed by atoms with Crippen LogP contribution in [0.3, 0.4) is 0 Å². The Hall–Kier alpha value is -2.27. The van der Waals surface area contributed by atoms with Crippen molar-refractivity contribution in [2.75, 3.05) is 13.7 Å². The monoisotopic (exact) mass is 274 g/mol. The topological polar surface area (TPSA) is 66.6 Å². The maximum atomic E-state index is 5.78. The van der Waals surface area contributed by atoms with E-state index >= 15 is 0 Å². The lowest BCUT2D eigenvalue weighted by atomic mass is 10.2. The first kappa shape index (κ1) is 14.1. The molecule has 2 N–H and O–H groups in total. The average molecular weight is 274 g/mol. The van der Waals surface area contributed by atoms with Crippen molar-refractivity contribution in [2.24, 2.45) is 5.73 Å². The molecule has 0 fully saturated rings. The van der Waals surface area contributed by atoms with Crippen LogP contribution in [0.25, 0.3) is 0 Å². The summed E-state index contributed by atoms with van der Waals surface area (Å²) in [6, 6.07) is 9.16. The zero-order valence-corrected chi connectivity index (χ0v) is 11.6. The van der Waals surface area contributed by atoms with Crippen LogP contribution >= 0.6 is 0 Å². The van der Waals surface area contributed by atoms with Crippen LogP contribution in [-0.2, 0) is 6.54 Å². The smallest absolute Gasteiger partial charge is 0.262 e. The maximum Gasteiger partial charge on any atom is 0.262 e. The lowest BCUT2D eigenvalue weighted by Gasteiger charge is -2.13. The molecule has 1 aromatic heterocycles. The maximum absolute atomic E-state index is 5.78. The number of methoxy groups -OCH3 is 1. The Morgan fingerprint density at radius 1 is 1.15 bits per heavy atom. The van der Waals surface area contributed by atoms with E-state index in [-0.39, 0.29) is 0 Å². The Morgan fingerprint density at radius 3 is 2.70 bits per heavy atom. The van der Waals surface area contributed by atoms with Gasteiger partial charge in [0.25, 0.3) is 5.88 Å². The van der Waals surface area contributed by atoms with Crippen molar-refractivity contribution in [3.63, 3.8) is 0 Å². The van der Waals surface area contributed by atoms with Gasteiger partial charge in [-0.1, -0.05) is 6.07 Å². The summed E-state index contributed by atoms with van der Waals surface area (Å²) in [6.07, 6.45) is 1.65. The van der Waals surface area contributed by atoms with E-state index in [1.54, 1.807) is 19.4 Å². The molecular formula is C15H18N2O3. The molecule has 1 heterocycles. The summed E-state index contributed by atoms with van der Waals surface area (Å²) in [5.74, 6) is 2.19. The largest absolute Gasteiger partial charge is 0.493 e. The van der Waals surface area contributed by atoms with E-state index in [1.165, 1.54) is 0 Å². The Kier molecular flexibility index (Phi) is 4.79. The summed E-state index contributed by atoms with van der Waals surface area (Å²) in [6.45, 7) is 2.91. The van der Waals surface area contributed by atoms with Gasteiger partial charge in [0.15, 0.2) is 17.2 Å². The van der Waals surface area contributed by atoms with Gasteiger partial charge in [0.05, 0.1) is 13.7 Å². The number of aromatic nitrogens is 1. The summed E-state index contributed by atoms with van der Waals surface area (Å²) < 4.78 is 16.6. The van der Waals surface area contributed by atoms with Gasteiger partial charge >= 0.3 is 0 Å². The van der Waals surface area contributed by atoms with Crippen LogP contribution < -0.4 is 19.9 Å². The number of rotatable bonds is 6. The second-order valence-electron chi connectivity index (χ2n) is 4.03. The molecule has 2 rings (SSSR count). The highest BCUT2D eigenvalue weighted by atomic mass is 16.5. The molecule has 0 spiro atoms. The zero-order valence-electron chi connectivity index (χ0n) is 11.6. The molecule has 20 heavy (non-hydrogen) atoms. The van der Waals surface area contributed by atoms with Crippen molar-refractivity contribution >= 4 is 0 Å². The fourth-order valence-corrected chi connectivity index (χ4v) is 1.75. The van der Waals surface area contributed by atoms with E-state index in [0.717, 1.165) is 5.56 Å². The Balaban J connectivity index is 2.30. The van der Waals surface area contributed by atoms with Crippen molar-refractivity contribution in [1.82, 2.24) is 4.98 Å². The fourth-order valence-electron chi connectivity index (χ4n) is 1.75. The molecule has 0 amide bonds. The third-order valence-electron chi connectivity index (χ3n) is 2.71. The van der Waals surface area contributed by atoms with Gasteiger partial charge in [-0.2, -0.15) is 0 Å². The molecule has 1 aromatic carbocycles. The van der Waals surface area contributed by atoms with Crippen LogP contribution in [0, 0.1) is 0 Å². The second kappa shape index (κ2) is 6.77. The number of benzene rings is 1. The van der Waals surface area contributed by atoms with Gasteiger partial charge in [-0.15, -0.1) is 0 Å². The van der Waals surface area contributed by atoms with E-state index in [0.29, 0.717) is 36.3 Å². The summed E-state index contributed by atoms with van der Waals surface area (Å²) in [5, 5.41) is 0. The first-order chi connectivity index (χ1) is 9.78. The molecule has 0 unspecified atom stereocenters. The summed E-state index contributed by atoms with van der Waals surface area (Å²) in [7, 11) is 1.59. The van der Waals surface area contributed by atoms with Gasteiger partial charge in [-0.3, -0.25) is 0 Å². The zero-order chi connectivity index (χ0) is 14.4. The summed E-state index contributed by atoms with van der Waals surface area (Å²) >= 11 is 0. The van der Waals surface area contributed by atoms with Gasteiger partial charge in [0, 0.05) is 12.7 Å². The Bertz CT molecular complexity index is 573. The number of ether oxygens (including phenoxy) is 3. The van der Waals surface area contributed by atoms with Crippen molar-refractivity contribution in [3.8, 4) is 23.1 Å². The quantitative estimate of drug-likeness (QED) is 0.877. The fraction of sp³-hybridized carbons (Fsp3) is 0.267. The van der Waals surface area contributed by atoms with Crippen LogP contribution in [-0.4, -0.2) is 18.7 Å². The van der Waals surface area contributed by atoms with Crippen molar-refractivity contribution in [3.05, 3.63) is 42.1 Å². The first-order valence-corrected chi connectivity index (χ1v) is 6.41. The summed E-state index contributed by atoms with van der Waals surface area (Å²) in [5.41, 5.74) is 6.58. The molecule has 0 aliphatic carbocycles. The highest BCUT2D eigenvalue weighted by Gasteiger charge is 2.11. The number of hydrogen-bond acceptors (Lipinski definition) is 5.